The average molecular weight is 325 g/mol. The van der Waals surface area contributed by atoms with Gasteiger partial charge in [-0.15, -0.1) is 0 Å². The van der Waals surface area contributed by atoms with Gasteiger partial charge in [-0.05, 0) is 18.3 Å². The number of aromatic nitrogens is 2. The van der Waals surface area contributed by atoms with Crippen LogP contribution < -0.4 is 5.32 Å². The molecule has 0 saturated carbocycles. The second-order valence-corrected chi connectivity index (χ2v) is 4.82. The number of carbonyl (C=O) groups excluding carboxylic acids is 2. The van der Waals surface area contributed by atoms with Gasteiger partial charge in [0.1, 0.15) is 19.3 Å². The minimum atomic E-state index is -0.550. The number of imidazole rings is 1. The molecule has 0 atom stereocenters. The van der Waals surface area contributed by atoms with Crippen molar-refractivity contribution < 1.29 is 19.2 Å². The number of hydrogen-bond acceptors (Lipinski definition) is 7. The van der Waals surface area contributed by atoms with Crippen molar-refractivity contribution in [1.29, 1.82) is 5.41 Å². The highest BCUT2D eigenvalue weighted by Gasteiger charge is 2.17. The van der Waals surface area contributed by atoms with Gasteiger partial charge >= 0.3 is 11.8 Å². The van der Waals surface area contributed by atoms with Crippen molar-refractivity contribution in [3.8, 4) is 0 Å². The van der Waals surface area contributed by atoms with E-state index in [-0.39, 0.29) is 43.6 Å². The zero-order chi connectivity index (χ0) is 17.4. The maximum atomic E-state index is 11.5. The third kappa shape index (κ3) is 6.24. The lowest BCUT2D eigenvalue weighted by molar-refractivity contribution is -0.392. The van der Waals surface area contributed by atoms with E-state index in [1.807, 2.05) is 0 Å². The normalized spacial score (nSPS) is 10.2. The summed E-state index contributed by atoms with van der Waals surface area (Å²) >= 11 is 0. The van der Waals surface area contributed by atoms with E-state index < -0.39 is 10.9 Å². The third-order valence-electron chi connectivity index (χ3n) is 2.91. The molecule has 1 rings (SSSR count). The van der Waals surface area contributed by atoms with Crippen molar-refractivity contribution in [2.24, 2.45) is 0 Å². The number of carbonyl (C=O) groups is 2. The molecule has 0 aliphatic carbocycles. The van der Waals surface area contributed by atoms with Crippen LogP contribution in [-0.2, 0) is 20.9 Å². The molecule has 0 saturated heterocycles. The van der Waals surface area contributed by atoms with Crippen molar-refractivity contribution in [2.75, 3.05) is 6.61 Å². The summed E-state index contributed by atoms with van der Waals surface area (Å²) in [5.74, 6) is -0.446. The quantitative estimate of drug-likeness (QED) is 0.239. The largest absolute Gasteiger partial charge is 0.461 e. The lowest BCUT2D eigenvalue weighted by Crippen LogP contribution is -2.27. The van der Waals surface area contributed by atoms with E-state index in [2.05, 4.69) is 10.3 Å². The van der Waals surface area contributed by atoms with Gasteiger partial charge in [-0.1, -0.05) is 0 Å². The van der Waals surface area contributed by atoms with Crippen LogP contribution in [0.4, 0.5) is 5.82 Å². The highest BCUT2D eigenvalue weighted by atomic mass is 16.6. The summed E-state index contributed by atoms with van der Waals surface area (Å²) in [6, 6.07) is 0. The van der Waals surface area contributed by atoms with Crippen LogP contribution in [0.2, 0.25) is 0 Å². The summed E-state index contributed by atoms with van der Waals surface area (Å²) in [5.41, 5.74) is 0. The molecule has 1 amide bonds. The standard InChI is InChI=1S/C13H19N5O5/c1-9(14)16-11(19)4-3-5-13(20)23-7-6-17-10(2)15-8-12(17)18(21)22/h8H,3-7H2,1-2H3,(H2,14,16,19). The molecule has 0 aliphatic rings. The van der Waals surface area contributed by atoms with Crippen molar-refractivity contribution in [1.82, 2.24) is 14.9 Å². The number of rotatable bonds is 8. The molecule has 23 heavy (non-hydrogen) atoms. The molecule has 10 nitrogen and oxygen atoms in total. The smallest absolute Gasteiger partial charge is 0.342 e. The molecular weight excluding hydrogens is 306 g/mol. The zero-order valence-corrected chi connectivity index (χ0v) is 13.0. The fourth-order valence-corrected chi connectivity index (χ4v) is 1.87. The number of nitrogens with one attached hydrogen (secondary N) is 2. The van der Waals surface area contributed by atoms with E-state index in [4.69, 9.17) is 10.1 Å². The van der Waals surface area contributed by atoms with E-state index in [1.165, 1.54) is 11.5 Å². The molecule has 126 valence electrons. The van der Waals surface area contributed by atoms with E-state index in [9.17, 15) is 19.7 Å². The molecule has 2 N–H and O–H groups in total. The SMILES string of the molecule is CC(=N)NC(=O)CCCC(=O)OCCn1c([N+](=O)[O-])cnc1C. The Morgan fingerprint density at radius 1 is 1.48 bits per heavy atom. The highest BCUT2D eigenvalue weighted by Crippen LogP contribution is 2.13. The topological polar surface area (TPSA) is 140 Å². The zero-order valence-electron chi connectivity index (χ0n) is 13.0. The average Bonchev–Trinajstić information content (AvgIpc) is 2.79. The number of nitro groups is 1. The number of nitrogens with zero attached hydrogens (tertiary/aromatic N) is 3. The van der Waals surface area contributed by atoms with E-state index in [0.29, 0.717) is 12.2 Å². The Morgan fingerprint density at radius 2 is 2.17 bits per heavy atom. The Hall–Kier alpha value is -2.78. The molecule has 0 aliphatic heterocycles. The number of esters is 1. The number of hydrogen-bond donors (Lipinski definition) is 2. The van der Waals surface area contributed by atoms with Crippen LogP contribution in [0.5, 0.6) is 0 Å². The maximum Gasteiger partial charge on any atom is 0.342 e. The fraction of sp³-hybridized carbons (Fsp3) is 0.538. The van der Waals surface area contributed by atoms with Gasteiger partial charge in [0, 0.05) is 19.8 Å². The van der Waals surface area contributed by atoms with Crippen LogP contribution in [0, 0.1) is 22.4 Å². The predicted molar refractivity (Wildman–Crippen MR) is 80.0 cm³/mol. The van der Waals surface area contributed by atoms with Crippen LogP contribution in [-0.4, -0.2) is 38.8 Å². The van der Waals surface area contributed by atoms with Crippen LogP contribution in [0.3, 0.4) is 0 Å². The Labute approximate surface area is 132 Å². The molecule has 10 heteroatoms. The molecule has 0 aromatic carbocycles. The van der Waals surface area contributed by atoms with Gasteiger partial charge in [-0.2, -0.15) is 0 Å². The second-order valence-electron chi connectivity index (χ2n) is 4.82. The summed E-state index contributed by atoms with van der Waals surface area (Å²) in [5, 5.41) is 20.2. The second kappa shape index (κ2) is 8.61. The minimum Gasteiger partial charge on any atom is -0.461 e. The molecule has 0 bridgehead atoms. The van der Waals surface area contributed by atoms with Gasteiger partial charge in [0.15, 0.2) is 5.82 Å². The van der Waals surface area contributed by atoms with Crippen molar-refractivity contribution in [3.63, 3.8) is 0 Å². The first-order valence-electron chi connectivity index (χ1n) is 6.98. The highest BCUT2D eigenvalue weighted by molar-refractivity contribution is 5.95. The number of aryl methyl sites for hydroxylation is 1. The van der Waals surface area contributed by atoms with Gasteiger partial charge in [0.25, 0.3) is 0 Å². The Balaban J connectivity index is 2.30. The van der Waals surface area contributed by atoms with E-state index in [1.54, 1.807) is 6.92 Å². The van der Waals surface area contributed by atoms with Crippen LogP contribution in [0.1, 0.15) is 32.0 Å². The Kier molecular flexibility index (Phi) is 6.84. The van der Waals surface area contributed by atoms with Gasteiger partial charge in [-0.3, -0.25) is 15.0 Å². The summed E-state index contributed by atoms with van der Waals surface area (Å²) in [6.45, 7) is 3.20. The summed E-state index contributed by atoms with van der Waals surface area (Å²) in [7, 11) is 0. The summed E-state index contributed by atoms with van der Waals surface area (Å²) in [4.78, 5) is 36.9. The predicted octanol–water partition coefficient (Wildman–Crippen LogP) is 0.927. The molecule has 0 spiro atoms. The van der Waals surface area contributed by atoms with Crippen molar-refractivity contribution in [3.05, 3.63) is 22.1 Å². The molecule has 1 heterocycles. The van der Waals surface area contributed by atoms with Crippen molar-refractivity contribution in [2.45, 2.75) is 39.7 Å². The van der Waals surface area contributed by atoms with E-state index >= 15 is 0 Å². The summed E-state index contributed by atoms with van der Waals surface area (Å²) in [6.07, 6.45) is 1.65. The maximum absolute atomic E-state index is 11.5. The molecule has 0 unspecified atom stereocenters. The Bertz CT molecular complexity index is 610. The molecule has 1 aromatic heterocycles. The number of ether oxygens (including phenoxy) is 1. The van der Waals surface area contributed by atoms with Crippen LogP contribution in [0.25, 0.3) is 0 Å². The first kappa shape index (κ1) is 18.3. The number of amides is 1. The van der Waals surface area contributed by atoms with Gasteiger partial charge in [0.05, 0.1) is 5.84 Å². The summed E-state index contributed by atoms with van der Waals surface area (Å²) < 4.78 is 6.34. The fourth-order valence-electron chi connectivity index (χ4n) is 1.87. The third-order valence-corrected chi connectivity index (χ3v) is 2.91. The monoisotopic (exact) mass is 325 g/mol. The van der Waals surface area contributed by atoms with Crippen molar-refractivity contribution >= 4 is 23.5 Å². The molecule has 1 aromatic rings. The number of amidine groups is 1. The Morgan fingerprint density at radius 3 is 2.78 bits per heavy atom. The molecule has 0 fully saturated rings. The van der Waals surface area contributed by atoms with E-state index in [0.717, 1.165) is 6.20 Å². The lowest BCUT2D eigenvalue weighted by atomic mass is 10.2. The van der Waals surface area contributed by atoms with Gasteiger partial charge < -0.3 is 20.2 Å². The first-order chi connectivity index (χ1) is 10.8. The van der Waals surface area contributed by atoms with Gasteiger partial charge in [-0.25, -0.2) is 9.55 Å². The minimum absolute atomic E-state index is 0.0112. The molecule has 0 radical (unpaired) electrons. The van der Waals surface area contributed by atoms with Crippen LogP contribution in [0.15, 0.2) is 6.20 Å². The lowest BCUT2D eigenvalue weighted by Gasteiger charge is -2.06. The van der Waals surface area contributed by atoms with Crippen LogP contribution >= 0.6 is 0 Å². The first-order valence-corrected chi connectivity index (χ1v) is 6.98. The van der Waals surface area contributed by atoms with Gasteiger partial charge in [0.2, 0.25) is 5.91 Å². The molecular formula is C13H19N5O5.